The molecule has 1 aliphatic carbocycles. The lowest BCUT2D eigenvalue weighted by atomic mass is 9.84. The predicted octanol–water partition coefficient (Wildman–Crippen LogP) is 2.79. The molecule has 1 aromatic carbocycles. The quantitative estimate of drug-likeness (QED) is 0.835. The van der Waals surface area contributed by atoms with Gasteiger partial charge in [0.05, 0.1) is 19.8 Å². The molecule has 0 saturated carbocycles. The number of aryl methyl sites for hydroxylation is 1. The molecule has 0 spiro atoms. The second kappa shape index (κ2) is 5.51. The van der Waals surface area contributed by atoms with Crippen LogP contribution in [0.15, 0.2) is 18.2 Å². The van der Waals surface area contributed by atoms with Crippen molar-refractivity contribution in [1.82, 2.24) is 4.90 Å². The highest BCUT2D eigenvalue weighted by Crippen LogP contribution is 2.39. The first-order chi connectivity index (χ1) is 9.33. The SMILES string of the molecule is CCCN1CCOC2c3cc(OC)ccc3CCC21. The highest BCUT2D eigenvalue weighted by atomic mass is 16.5. The first-order valence-electron chi connectivity index (χ1n) is 7.36. The fourth-order valence-electron chi connectivity index (χ4n) is 3.46. The first-order valence-corrected chi connectivity index (χ1v) is 7.36. The molecule has 1 saturated heterocycles. The number of nitrogens with zero attached hydrogens (tertiary/aromatic N) is 1. The van der Waals surface area contributed by atoms with Crippen LogP contribution in [0.4, 0.5) is 0 Å². The Hall–Kier alpha value is -1.06. The molecule has 0 bridgehead atoms. The van der Waals surface area contributed by atoms with E-state index in [1.54, 1.807) is 7.11 Å². The number of rotatable bonds is 3. The normalized spacial score (nSPS) is 26.6. The van der Waals surface area contributed by atoms with E-state index in [9.17, 15) is 0 Å². The molecule has 104 valence electrons. The summed E-state index contributed by atoms with van der Waals surface area (Å²) in [5, 5.41) is 0. The van der Waals surface area contributed by atoms with Crippen molar-refractivity contribution in [2.24, 2.45) is 0 Å². The maximum Gasteiger partial charge on any atom is 0.119 e. The topological polar surface area (TPSA) is 21.7 Å². The zero-order valence-electron chi connectivity index (χ0n) is 11.9. The highest BCUT2D eigenvalue weighted by molar-refractivity contribution is 5.40. The minimum absolute atomic E-state index is 0.235. The Morgan fingerprint density at radius 3 is 3.11 bits per heavy atom. The van der Waals surface area contributed by atoms with Gasteiger partial charge in [-0.2, -0.15) is 0 Å². The first kappa shape index (κ1) is 12.9. The molecule has 0 aromatic heterocycles. The van der Waals surface area contributed by atoms with E-state index in [2.05, 4.69) is 30.0 Å². The summed E-state index contributed by atoms with van der Waals surface area (Å²) < 4.78 is 11.5. The van der Waals surface area contributed by atoms with E-state index in [1.165, 1.54) is 30.5 Å². The van der Waals surface area contributed by atoms with E-state index in [0.29, 0.717) is 6.04 Å². The third kappa shape index (κ3) is 2.37. The Balaban J connectivity index is 1.90. The number of methoxy groups -OCH3 is 1. The van der Waals surface area contributed by atoms with Crippen LogP contribution in [0.3, 0.4) is 0 Å². The van der Waals surface area contributed by atoms with Crippen LogP contribution in [0, 0.1) is 0 Å². The highest BCUT2D eigenvalue weighted by Gasteiger charge is 2.36. The average Bonchev–Trinajstić information content (AvgIpc) is 2.47. The van der Waals surface area contributed by atoms with Crippen LogP contribution in [0.2, 0.25) is 0 Å². The molecule has 1 heterocycles. The van der Waals surface area contributed by atoms with Crippen molar-refractivity contribution in [3.63, 3.8) is 0 Å². The van der Waals surface area contributed by atoms with Crippen molar-refractivity contribution in [2.75, 3.05) is 26.8 Å². The molecule has 1 fully saturated rings. The third-order valence-corrected chi connectivity index (χ3v) is 4.37. The minimum atomic E-state index is 0.235. The van der Waals surface area contributed by atoms with Crippen LogP contribution in [0.25, 0.3) is 0 Å². The van der Waals surface area contributed by atoms with Gasteiger partial charge < -0.3 is 9.47 Å². The predicted molar refractivity (Wildman–Crippen MR) is 75.7 cm³/mol. The van der Waals surface area contributed by atoms with Gasteiger partial charge in [0, 0.05) is 12.6 Å². The van der Waals surface area contributed by atoms with Crippen molar-refractivity contribution in [3.8, 4) is 5.75 Å². The molecule has 3 heteroatoms. The molecule has 1 aromatic rings. The van der Waals surface area contributed by atoms with Gasteiger partial charge in [0.15, 0.2) is 0 Å². The summed E-state index contributed by atoms with van der Waals surface area (Å²) in [7, 11) is 1.73. The maximum absolute atomic E-state index is 6.09. The molecule has 0 radical (unpaired) electrons. The van der Waals surface area contributed by atoms with E-state index in [4.69, 9.17) is 9.47 Å². The number of hydrogen-bond donors (Lipinski definition) is 0. The zero-order valence-corrected chi connectivity index (χ0v) is 11.9. The van der Waals surface area contributed by atoms with Gasteiger partial charge in [-0.1, -0.05) is 13.0 Å². The van der Waals surface area contributed by atoms with Crippen molar-refractivity contribution in [3.05, 3.63) is 29.3 Å². The van der Waals surface area contributed by atoms with Crippen LogP contribution in [0.1, 0.15) is 37.0 Å². The second-order valence-electron chi connectivity index (χ2n) is 5.50. The third-order valence-electron chi connectivity index (χ3n) is 4.37. The lowest BCUT2D eigenvalue weighted by Crippen LogP contribution is -2.49. The fraction of sp³-hybridized carbons (Fsp3) is 0.625. The molecule has 2 atom stereocenters. The Kier molecular flexibility index (Phi) is 3.76. The van der Waals surface area contributed by atoms with Crippen LogP contribution in [0.5, 0.6) is 5.75 Å². The lowest BCUT2D eigenvalue weighted by Gasteiger charge is -2.44. The van der Waals surface area contributed by atoms with Gasteiger partial charge in [-0.3, -0.25) is 4.90 Å². The molecule has 0 N–H and O–H groups in total. The summed E-state index contributed by atoms with van der Waals surface area (Å²) >= 11 is 0. The van der Waals surface area contributed by atoms with Gasteiger partial charge in [0.2, 0.25) is 0 Å². The zero-order chi connectivity index (χ0) is 13.2. The van der Waals surface area contributed by atoms with E-state index < -0.39 is 0 Å². The molecule has 1 aliphatic heterocycles. The molecule has 3 rings (SSSR count). The molecule has 2 unspecified atom stereocenters. The second-order valence-corrected chi connectivity index (χ2v) is 5.50. The standard InChI is InChI=1S/C16H23NO2/c1-3-8-17-9-10-19-16-14-11-13(18-2)6-4-12(14)5-7-15(16)17/h4,6,11,15-16H,3,5,7-10H2,1-2H3. The summed E-state index contributed by atoms with van der Waals surface area (Å²) in [5.74, 6) is 0.940. The molecule has 19 heavy (non-hydrogen) atoms. The number of hydrogen-bond acceptors (Lipinski definition) is 3. The minimum Gasteiger partial charge on any atom is -0.497 e. The number of fused-ring (bicyclic) bond motifs is 3. The van der Waals surface area contributed by atoms with Gasteiger partial charge in [-0.25, -0.2) is 0 Å². The fourth-order valence-corrected chi connectivity index (χ4v) is 3.46. The van der Waals surface area contributed by atoms with Crippen LogP contribution in [-0.4, -0.2) is 37.7 Å². The van der Waals surface area contributed by atoms with Crippen LogP contribution in [-0.2, 0) is 11.2 Å². The largest absolute Gasteiger partial charge is 0.497 e. The Morgan fingerprint density at radius 1 is 1.42 bits per heavy atom. The monoisotopic (exact) mass is 261 g/mol. The number of benzene rings is 1. The molecule has 2 aliphatic rings. The van der Waals surface area contributed by atoms with Crippen molar-refractivity contribution in [1.29, 1.82) is 0 Å². The summed E-state index contributed by atoms with van der Waals surface area (Å²) in [4.78, 5) is 2.61. The van der Waals surface area contributed by atoms with Gasteiger partial charge >= 0.3 is 0 Å². The maximum atomic E-state index is 6.09. The summed E-state index contributed by atoms with van der Waals surface area (Å²) in [6.07, 6.45) is 3.82. The molecule has 0 amide bonds. The Labute approximate surface area is 115 Å². The molecular weight excluding hydrogens is 238 g/mol. The summed E-state index contributed by atoms with van der Waals surface area (Å²) in [6, 6.07) is 6.98. The van der Waals surface area contributed by atoms with E-state index >= 15 is 0 Å². The van der Waals surface area contributed by atoms with Gasteiger partial charge in [0.25, 0.3) is 0 Å². The summed E-state index contributed by atoms with van der Waals surface area (Å²) in [6.45, 7) is 5.36. The smallest absolute Gasteiger partial charge is 0.119 e. The Morgan fingerprint density at radius 2 is 2.32 bits per heavy atom. The molecule has 3 nitrogen and oxygen atoms in total. The van der Waals surface area contributed by atoms with Gasteiger partial charge in [0.1, 0.15) is 5.75 Å². The van der Waals surface area contributed by atoms with E-state index in [0.717, 1.165) is 25.3 Å². The summed E-state index contributed by atoms with van der Waals surface area (Å²) in [5.41, 5.74) is 2.77. The lowest BCUT2D eigenvalue weighted by molar-refractivity contribution is -0.0801. The average molecular weight is 261 g/mol. The van der Waals surface area contributed by atoms with Crippen LogP contribution >= 0.6 is 0 Å². The van der Waals surface area contributed by atoms with E-state index in [1.807, 2.05) is 0 Å². The van der Waals surface area contributed by atoms with Gasteiger partial charge in [-0.15, -0.1) is 0 Å². The van der Waals surface area contributed by atoms with Crippen molar-refractivity contribution < 1.29 is 9.47 Å². The van der Waals surface area contributed by atoms with Crippen molar-refractivity contribution >= 4 is 0 Å². The Bertz CT molecular complexity index is 444. The number of morpholine rings is 1. The van der Waals surface area contributed by atoms with Crippen LogP contribution < -0.4 is 4.74 Å². The van der Waals surface area contributed by atoms with Crippen molar-refractivity contribution in [2.45, 2.75) is 38.3 Å². The van der Waals surface area contributed by atoms with E-state index in [-0.39, 0.29) is 6.10 Å². The molecular formula is C16H23NO2. The number of ether oxygens (including phenoxy) is 2. The van der Waals surface area contributed by atoms with Gasteiger partial charge in [-0.05, 0) is 49.1 Å².